The third kappa shape index (κ3) is 3.15. The molecule has 3 fully saturated rings. The molecule has 4 rings (SSSR count). The first-order valence-corrected chi connectivity index (χ1v) is 7.79. The van der Waals surface area contributed by atoms with Gasteiger partial charge in [-0.1, -0.05) is 0 Å². The highest BCUT2D eigenvalue weighted by Gasteiger charge is 2.31. The number of fused-ring (bicyclic) bond motifs is 3. The minimum atomic E-state index is -0.409. The molecule has 3 heterocycles. The SMILES string of the molecule is CCOc1cc(NC[C@@H]2CN3CCN2CC3)ccc1[N+](=O)[O-]. The highest BCUT2D eigenvalue weighted by atomic mass is 16.6. The number of nitro groups is 1. The zero-order valence-corrected chi connectivity index (χ0v) is 12.8. The van der Waals surface area contributed by atoms with E-state index in [-0.39, 0.29) is 5.69 Å². The van der Waals surface area contributed by atoms with Gasteiger partial charge in [0.05, 0.1) is 11.5 Å². The highest BCUT2D eigenvalue weighted by Crippen LogP contribution is 2.30. The van der Waals surface area contributed by atoms with Crippen LogP contribution in [0.5, 0.6) is 5.75 Å². The monoisotopic (exact) mass is 306 g/mol. The molecule has 0 spiro atoms. The molecule has 1 atom stereocenters. The summed E-state index contributed by atoms with van der Waals surface area (Å²) in [6.45, 7) is 8.79. The predicted molar refractivity (Wildman–Crippen MR) is 84.6 cm³/mol. The van der Waals surface area contributed by atoms with E-state index < -0.39 is 4.92 Å². The van der Waals surface area contributed by atoms with Crippen molar-refractivity contribution in [3.63, 3.8) is 0 Å². The van der Waals surface area contributed by atoms with Crippen LogP contribution in [-0.4, -0.2) is 66.6 Å². The minimum Gasteiger partial charge on any atom is -0.487 e. The molecule has 2 bridgehead atoms. The largest absolute Gasteiger partial charge is 0.487 e. The lowest BCUT2D eigenvalue weighted by atomic mass is 10.1. The number of nitrogens with one attached hydrogen (secondary N) is 1. The Morgan fingerprint density at radius 1 is 1.36 bits per heavy atom. The fourth-order valence-electron chi connectivity index (χ4n) is 3.20. The van der Waals surface area contributed by atoms with Gasteiger partial charge in [-0.25, -0.2) is 0 Å². The van der Waals surface area contributed by atoms with Gasteiger partial charge >= 0.3 is 5.69 Å². The second-order valence-electron chi connectivity index (χ2n) is 5.74. The maximum atomic E-state index is 11.0. The van der Waals surface area contributed by atoms with Crippen LogP contribution in [-0.2, 0) is 0 Å². The first-order chi connectivity index (χ1) is 10.7. The van der Waals surface area contributed by atoms with E-state index >= 15 is 0 Å². The van der Waals surface area contributed by atoms with Crippen molar-refractivity contribution in [3.8, 4) is 5.75 Å². The third-order valence-electron chi connectivity index (χ3n) is 4.39. The van der Waals surface area contributed by atoms with Crippen molar-refractivity contribution < 1.29 is 9.66 Å². The van der Waals surface area contributed by atoms with E-state index in [1.807, 2.05) is 6.92 Å². The third-order valence-corrected chi connectivity index (χ3v) is 4.39. The van der Waals surface area contributed by atoms with E-state index in [0.717, 1.165) is 31.9 Å². The number of nitrogens with zero attached hydrogens (tertiary/aromatic N) is 3. The number of piperazine rings is 3. The van der Waals surface area contributed by atoms with Crippen molar-refractivity contribution in [2.45, 2.75) is 13.0 Å². The molecule has 1 aromatic rings. The van der Waals surface area contributed by atoms with Gasteiger partial charge in [0, 0.05) is 63.1 Å². The molecule has 3 aliphatic heterocycles. The Labute approximate surface area is 130 Å². The number of hydrogen-bond donors (Lipinski definition) is 1. The lowest BCUT2D eigenvalue weighted by molar-refractivity contribution is -0.385. The van der Waals surface area contributed by atoms with Gasteiger partial charge in [-0.2, -0.15) is 0 Å². The van der Waals surface area contributed by atoms with Gasteiger partial charge < -0.3 is 10.1 Å². The fourth-order valence-corrected chi connectivity index (χ4v) is 3.20. The van der Waals surface area contributed by atoms with Crippen LogP contribution in [0.1, 0.15) is 6.92 Å². The van der Waals surface area contributed by atoms with Crippen molar-refractivity contribution in [1.29, 1.82) is 0 Å². The number of rotatable bonds is 6. The van der Waals surface area contributed by atoms with Crippen molar-refractivity contribution in [1.82, 2.24) is 9.80 Å². The van der Waals surface area contributed by atoms with Gasteiger partial charge in [0.2, 0.25) is 0 Å². The Bertz CT molecular complexity index is 544. The molecule has 0 aromatic heterocycles. The number of ether oxygens (including phenoxy) is 1. The van der Waals surface area contributed by atoms with E-state index in [1.165, 1.54) is 19.2 Å². The molecule has 0 unspecified atom stereocenters. The maximum Gasteiger partial charge on any atom is 0.311 e. The normalized spacial score (nSPS) is 26.7. The Hall–Kier alpha value is -1.86. The lowest BCUT2D eigenvalue weighted by Gasteiger charge is -2.47. The minimum absolute atomic E-state index is 0.0129. The zero-order chi connectivity index (χ0) is 15.5. The van der Waals surface area contributed by atoms with Crippen LogP contribution < -0.4 is 10.1 Å². The van der Waals surface area contributed by atoms with Crippen LogP contribution >= 0.6 is 0 Å². The number of anilines is 1. The summed E-state index contributed by atoms with van der Waals surface area (Å²) < 4.78 is 5.38. The van der Waals surface area contributed by atoms with Gasteiger partial charge in [0.1, 0.15) is 0 Å². The van der Waals surface area contributed by atoms with E-state index in [0.29, 0.717) is 18.4 Å². The number of hydrogen-bond acceptors (Lipinski definition) is 6. The van der Waals surface area contributed by atoms with Gasteiger partial charge in [-0.3, -0.25) is 19.9 Å². The summed E-state index contributed by atoms with van der Waals surface area (Å²) in [6.07, 6.45) is 0. The average molecular weight is 306 g/mol. The van der Waals surface area contributed by atoms with E-state index in [1.54, 1.807) is 12.1 Å². The topological polar surface area (TPSA) is 70.9 Å². The van der Waals surface area contributed by atoms with E-state index in [9.17, 15) is 10.1 Å². The Morgan fingerprint density at radius 3 is 2.73 bits per heavy atom. The molecule has 0 radical (unpaired) electrons. The first kappa shape index (κ1) is 15.1. The summed E-state index contributed by atoms with van der Waals surface area (Å²) in [7, 11) is 0. The van der Waals surface area contributed by atoms with Crippen LogP contribution in [0.2, 0.25) is 0 Å². The molecule has 1 N–H and O–H groups in total. The summed E-state index contributed by atoms with van der Waals surface area (Å²) in [5, 5.41) is 14.4. The highest BCUT2D eigenvalue weighted by molar-refractivity contribution is 5.58. The average Bonchev–Trinajstić information content (AvgIpc) is 2.54. The summed E-state index contributed by atoms with van der Waals surface area (Å²) in [5.41, 5.74) is 0.880. The molecular weight excluding hydrogens is 284 g/mol. The van der Waals surface area contributed by atoms with Gasteiger partial charge in [0.25, 0.3) is 0 Å². The molecule has 1 aromatic carbocycles. The molecule has 22 heavy (non-hydrogen) atoms. The lowest BCUT2D eigenvalue weighted by Crippen LogP contribution is -2.62. The van der Waals surface area contributed by atoms with Crippen LogP contribution in [0.4, 0.5) is 11.4 Å². The fraction of sp³-hybridized carbons (Fsp3) is 0.600. The van der Waals surface area contributed by atoms with Crippen molar-refractivity contribution in [3.05, 3.63) is 28.3 Å². The summed E-state index contributed by atoms with van der Waals surface area (Å²) in [5.74, 6) is 0.326. The second-order valence-corrected chi connectivity index (χ2v) is 5.74. The number of nitro benzene ring substituents is 1. The summed E-state index contributed by atoms with van der Waals surface area (Å²) in [4.78, 5) is 15.6. The molecule has 0 saturated carbocycles. The molecule has 0 aliphatic carbocycles. The Balaban J connectivity index is 1.65. The van der Waals surface area contributed by atoms with E-state index in [4.69, 9.17) is 4.74 Å². The van der Waals surface area contributed by atoms with Crippen molar-refractivity contribution in [2.75, 3.05) is 51.2 Å². The first-order valence-electron chi connectivity index (χ1n) is 7.79. The number of benzene rings is 1. The van der Waals surface area contributed by atoms with Gasteiger partial charge in [-0.05, 0) is 13.0 Å². The zero-order valence-electron chi connectivity index (χ0n) is 12.8. The summed E-state index contributed by atoms with van der Waals surface area (Å²) in [6, 6.07) is 5.48. The quantitative estimate of drug-likeness (QED) is 0.633. The van der Waals surface area contributed by atoms with Crippen molar-refractivity contribution in [2.24, 2.45) is 0 Å². The molecule has 7 nitrogen and oxygen atoms in total. The molecule has 7 heteroatoms. The molecule has 3 saturated heterocycles. The van der Waals surface area contributed by atoms with Crippen molar-refractivity contribution >= 4 is 11.4 Å². The van der Waals surface area contributed by atoms with Crippen LogP contribution in [0, 0.1) is 10.1 Å². The van der Waals surface area contributed by atoms with Crippen LogP contribution in [0.3, 0.4) is 0 Å². The van der Waals surface area contributed by atoms with Crippen LogP contribution in [0.15, 0.2) is 18.2 Å². The smallest absolute Gasteiger partial charge is 0.311 e. The molecule has 3 aliphatic rings. The molecule has 0 amide bonds. The predicted octanol–water partition coefficient (Wildman–Crippen LogP) is 1.41. The maximum absolute atomic E-state index is 11.0. The van der Waals surface area contributed by atoms with Crippen LogP contribution in [0.25, 0.3) is 0 Å². The summed E-state index contributed by atoms with van der Waals surface area (Å²) >= 11 is 0. The van der Waals surface area contributed by atoms with Gasteiger partial charge in [-0.15, -0.1) is 0 Å². The van der Waals surface area contributed by atoms with E-state index in [2.05, 4.69) is 15.1 Å². The van der Waals surface area contributed by atoms with Gasteiger partial charge in [0.15, 0.2) is 5.75 Å². The Kier molecular flexibility index (Phi) is 4.44. The molecular formula is C15H22N4O3. The molecule has 120 valence electrons. The Morgan fingerprint density at radius 2 is 2.14 bits per heavy atom. The second kappa shape index (κ2) is 6.50. The standard InChI is InChI=1S/C15H22N4O3/c1-2-22-15-9-12(3-4-14(15)19(20)21)16-10-13-11-17-5-7-18(13)8-6-17/h3-4,9,13,16H,2,5-8,10-11H2,1H3/t13-/m1/s1.